The van der Waals surface area contributed by atoms with Gasteiger partial charge in [0.15, 0.2) is 5.82 Å². The Morgan fingerprint density at radius 3 is 2.89 bits per heavy atom. The summed E-state index contributed by atoms with van der Waals surface area (Å²) in [6.45, 7) is 3.79. The minimum Gasteiger partial charge on any atom is -0.311 e. The van der Waals surface area contributed by atoms with Crippen molar-refractivity contribution in [2.75, 3.05) is 6.54 Å². The predicted octanol–water partition coefficient (Wildman–Crippen LogP) is 3.54. The van der Waals surface area contributed by atoms with Crippen molar-refractivity contribution >= 4 is 15.9 Å². The molecule has 0 atom stereocenters. The first-order valence-electron chi connectivity index (χ1n) is 6.18. The van der Waals surface area contributed by atoms with Crippen molar-refractivity contribution in [1.29, 1.82) is 0 Å². The lowest BCUT2D eigenvalue weighted by Gasteiger charge is -2.05. The zero-order valence-corrected chi connectivity index (χ0v) is 12.2. The van der Waals surface area contributed by atoms with Crippen LogP contribution in [0.4, 0.5) is 4.39 Å². The molecule has 19 heavy (non-hydrogen) atoms. The van der Waals surface area contributed by atoms with E-state index in [1.807, 2.05) is 6.07 Å². The molecule has 5 heteroatoms. The molecule has 0 spiro atoms. The molecule has 0 unspecified atom stereocenters. The SMILES string of the molecule is CCCNCc1ccnc(-c2ccc(F)c(Br)c2)n1. The minimum atomic E-state index is -0.287. The molecule has 0 aliphatic heterocycles. The third-order valence-electron chi connectivity index (χ3n) is 2.62. The average Bonchev–Trinajstić information content (AvgIpc) is 2.43. The number of hydrogen-bond acceptors (Lipinski definition) is 3. The fourth-order valence-electron chi connectivity index (χ4n) is 1.66. The van der Waals surface area contributed by atoms with Gasteiger partial charge in [0.25, 0.3) is 0 Å². The van der Waals surface area contributed by atoms with Gasteiger partial charge in [-0.2, -0.15) is 0 Å². The first kappa shape index (κ1) is 14.1. The fraction of sp³-hybridized carbons (Fsp3) is 0.286. The van der Waals surface area contributed by atoms with Crippen LogP contribution in [-0.2, 0) is 6.54 Å². The molecule has 0 saturated carbocycles. The number of aromatic nitrogens is 2. The van der Waals surface area contributed by atoms with Crippen LogP contribution in [-0.4, -0.2) is 16.5 Å². The van der Waals surface area contributed by atoms with E-state index in [0.717, 1.165) is 24.2 Å². The highest BCUT2D eigenvalue weighted by Gasteiger charge is 2.06. The first-order valence-corrected chi connectivity index (χ1v) is 6.98. The van der Waals surface area contributed by atoms with Gasteiger partial charge in [-0.25, -0.2) is 14.4 Å². The van der Waals surface area contributed by atoms with E-state index < -0.39 is 0 Å². The highest BCUT2D eigenvalue weighted by molar-refractivity contribution is 9.10. The molecular weight excluding hydrogens is 309 g/mol. The van der Waals surface area contributed by atoms with Gasteiger partial charge in [-0.1, -0.05) is 6.92 Å². The molecule has 0 amide bonds. The topological polar surface area (TPSA) is 37.8 Å². The lowest BCUT2D eigenvalue weighted by molar-refractivity contribution is 0.621. The Bertz CT molecular complexity index is 560. The van der Waals surface area contributed by atoms with E-state index in [1.54, 1.807) is 18.3 Å². The van der Waals surface area contributed by atoms with E-state index in [0.29, 0.717) is 16.8 Å². The maximum Gasteiger partial charge on any atom is 0.159 e. The van der Waals surface area contributed by atoms with Crippen LogP contribution in [0.15, 0.2) is 34.9 Å². The summed E-state index contributed by atoms with van der Waals surface area (Å²) in [6.07, 6.45) is 2.81. The van der Waals surface area contributed by atoms with E-state index in [4.69, 9.17) is 0 Å². The van der Waals surface area contributed by atoms with E-state index in [9.17, 15) is 4.39 Å². The van der Waals surface area contributed by atoms with Crippen LogP contribution in [0.5, 0.6) is 0 Å². The van der Waals surface area contributed by atoms with Crippen molar-refractivity contribution in [3.63, 3.8) is 0 Å². The Kier molecular flexibility index (Phi) is 4.99. The largest absolute Gasteiger partial charge is 0.311 e. The summed E-state index contributed by atoms with van der Waals surface area (Å²) < 4.78 is 13.6. The molecule has 100 valence electrons. The van der Waals surface area contributed by atoms with Gasteiger partial charge in [0.05, 0.1) is 10.2 Å². The third-order valence-corrected chi connectivity index (χ3v) is 3.23. The van der Waals surface area contributed by atoms with Gasteiger partial charge in [0.2, 0.25) is 0 Å². The third kappa shape index (κ3) is 3.81. The van der Waals surface area contributed by atoms with Gasteiger partial charge in [-0.05, 0) is 53.2 Å². The van der Waals surface area contributed by atoms with Gasteiger partial charge >= 0.3 is 0 Å². The molecule has 1 aromatic carbocycles. The van der Waals surface area contributed by atoms with Crippen LogP contribution >= 0.6 is 15.9 Å². The second-order valence-electron chi connectivity index (χ2n) is 4.18. The number of benzene rings is 1. The molecule has 1 aromatic heterocycles. The Morgan fingerprint density at radius 2 is 2.16 bits per heavy atom. The van der Waals surface area contributed by atoms with Crippen LogP contribution in [0.2, 0.25) is 0 Å². The summed E-state index contributed by atoms with van der Waals surface area (Å²) in [4.78, 5) is 8.70. The molecule has 0 bridgehead atoms. The maximum absolute atomic E-state index is 13.2. The van der Waals surface area contributed by atoms with E-state index >= 15 is 0 Å². The lowest BCUT2D eigenvalue weighted by atomic mass is 10.2. The average molecular weight is 324 g/mol. The number of nitrogens with one attached hydrogen (secondary N) is 1. The van der Waals surface area contributed by atoms with Gasteiger partial charge in [-0.15, -0.1) is 0 Å². The summed E-state index contributed by atoms with van der Waals surface area (Å²) >= 11 is 3.17. The molecular formula is C14H15BrFN3. The van der Waals surface area contributed by atoms with Crippen LogP contribution < -0.4 is 5.32 Å². The van der Waals surface area contributed by atoms with Crippen LogP contribution in [0.25, 0.3) is 11.4 Å². The Balaban J connectivity index is 2.19. The zero-order valence-electron chi connectivity index (χ0n) is 10.7. The van der Waals surface area contributed by atoms with E-state index in [1.165, 1.54) is 6.07 Å². The molecule has 1 N–H and O–H groups in total. The predicted molar refractivity (Wildman–Crippen MR) is 77.1 cm³/mol. The smallest absolute Gasteiger partial charge is 0.159 e. The summed E-state index contributed by atoms with van der Waals surface area (Å²) in [6, 6.07) is 6.65. The highest BCUT2D eigenvalue weighted by Crippen LogP contribution is 2.22. The van der Waals surface area contributed by atoms with E-state index in [2.05, 4.69) is 38.1 Å². The summed E-state index contributed by atoms with van der Waals surface area (Å²) in [5.41, 5.74) is 1.73. The molecule has 2 aromatic rings. The fourth-order valence-corrected chi connectivity index (χ4v) is 2.04. The van der Waals surface area contributed by atoms with Gasteiger partial charge < -0.3 is 5.32 Å². The first-order chi connectivity index (χ1) is 9.20. The van der Waals surface area contributed by atoms with Crippen molar-refractivity contribution < 1.29 is 4.39 Å². The standard InChI is InChI=1S/C14H15BrFN3/c1-2-6-17-9-11-5-7-18-14(19-11)10-3-4-13(16)12(15)8-10/h3-5,7-8,17H,2,6,9H2,1H3. The molecule has 0 saturated heterocycles. The monoisotopic (exact) mass is 323 g/mol. The van der Waals surface area contributed by atoms with Crippen molar-refractivity contribution in [2.45, 2.75) is 19.9 Å². The Morgan fingerprint density at radius 1 is 1.32 bits per heavy atom. The second-order valence-corrected chi connectivity index (χ2v) is 5.03. The maximum atomic E-state index is 13.2. The summed E-state index contributed by atoms with van der Waals surface area (Å²) in [7, 11) is 0. The lowest BCUT2D eigenvalue weighted by Crippen LogP contribution is -2.15. The van der Waals surface area contributed by atoms with Crippen molar-refractivity contribution in [2.24, 2.45) is 0 Å². The van der Waals surface area contributed by atoms with Crippen LogP contribution in [0, 0.1) is 5.82 Å². The van der Waals surface area contributed by atoms with Gasteiger partial charge in [0.1, 0.15) is 5.82 Å². The van der Waals surface area contributed by atoms with Crippen LogP contribution in [0.1, 0.15) is 19.0 Å². The zero-order chi connectivity index (χ0) is 13.7. The van der Waals surface area contributed by atoms with Crippen LogP contribution in [0.3, 0.4) is 0 Å². The molecule has 0 aliphatic rings. The Labute approximate surface area is 120 Å². The normalized spacial score (nSPS) is 10.7. The van der Waals surface area contributed by atoms with Gasteiger partial charge in [-0.3, -0.25) is 0 Å². The second kappa shape index (κ2) is 6.73. The number of nitrogens with zero attached hydrogens (tertiary/aromatic N) is 2. The van der Waals surface area contributed by atoms with Crippen molar-refractivity contribution in [1.82, 2.24) is 15.3 Å². The van der Waals surface area contributed by atoms with Gasteiger partial charge in [0, 0.05) is 18.3 Å². The summed E-state index contributed by atoms with van der Waals surface area (Å²) in [5, 5.41) is 3.29. The molecule has 0 radical (unpaired) electrons. The van der Waals surface area contributed by atoms with Crippen molar-refractivity contribution in [3.8, 4) is 11.4 Å². The number of hydrogen-bond donors (Lipinski definition) is 1. The molecule has 2 rings (SSSR count). The van der Waals surface area contributed by atoms with Crippen molar-refractivity contribution in [3.05, 3.63) is 46.4 Å². The molecule has 0 fully saturated rings. The molecule has 1 heterocycles. The minimum absolute atomic E-state index is 0.287. The highest BCUT2D eigenvalue weighted by atomic mass is 79.9. The number of halogens is 2. The molecule has 3 nitrogen and oxygen atoms in total. The number of rotatable bonds is 5. The summed E-state index contributed by atoms with van der Waals surface area (Å²) in [5.74, 6) is 0.320. The molecule has 0 aliphatic carbocycles. The van der Waals surface area contributed by atoms with E-state index in [-0.39, 0.29) is 5.82 Å². The quantitative estimate of drug-likeness (QED) is 0.855. The Hall–Kier alpha value is -1.33.